The van der Waals surface area contributed by atoms with E-state index in [2.05, 4.69) is 0 Å². The monoisotopic (exact) mass is 624 g/mol. The van der Waals surface area contributed by atoms with Gasteiger partial charge in [-0.15, -0.1) is 0 Å². The lowest BCUT2D eigenvalue weighted by Crippen LogP contribution is -2.60. The van der Waals surface area contributed by atoms with Gasteiger partial charge in [0, 0.05) is 17.7 Å². The SMILES string of the molecule is COc1cc(O)c2c(=O)c(O[C@@H]3O[C@H](CO)[C@@H](O)[C@@H](O)[C@H]3O)c(-c3ccc(O[C@@H]4O[C@H](CO)[C@@H](O)[C@H](O)[C@H]4O)cc3)oc2c1. The van der Waals surface area contributed by atoms with Crippen LogP contribution in [0.1, 0.15) is 0 Å². The van der Waals surface area contributed by atoms with Gasteiger partial charge in [0.1, 0.15) is 77.0 Å². The number of phenolic OH excluding ortho intramolecular Hbond substituents is 1. The minimum Gasteiger partial charge on any atom is -0.507 e. The lowest BCUT2D eigenvalue weighted by Gasteiger charge is -2.39. The van der Waals surface area contributed by atoms with Crippen LogP contribution in [0.25, 0.3) is 22.3 Å². The summed E-state index contributed by atoms with van der Waals surface area (Å²) in [6.07, 6.45) is -16.0. The molecule has 2 aromatic carbocycles. The van der Waals surface area contributed by atoms with E-state index in [0.29, 0.717) is 0 Å². The third kappa shape index (κ3) is 5.80. The Labute approximate surface area is 248 Å². The summed E-state index contributed by atoms with van der Waals surface area (Å²) < 4.78 is 33.2. The largest absolute Gasteiger partial charge is 0.507 e. The molecule has 2 aliphatic heterocycles. The summed E-state index contributed by atoms with van der Waals surface area (Å²) in [6.45, 7) is -1.40. The van der Waals surface area contributed by atoms with Gasteiger partial charge in [-0.05, 0) is 24.3 Å². The molecule has 3 aromatic rings. The number of hydrogen-bond donors (Lipinski definition) is 9. The molecule has 0 unspecified atom stereocenters. The van der Waals surface area contributed by atoms with E-state index in [9.17, 15) is 50.8 Å². The quantitative estimate of drug-likeness (QED) is 0.126. The molecule has 0 amide bonds. The van der Waals surface area contributed by atoms with Crippen LogP contribution >= 0.6 is 0 Å². The number of ether oxygens (including phenoxy) is 5. The molecule has 5 rings (SSSR count). The number of rotatable bonds is 8. The maximum atomic E-state index is 13.7. The first-order valence-corrected chi connectivity index (χ1v) is 13.4. The topological polar surface area (TPSA) is 258 Å². The van der Waals surface area contributed by atoms with E-state index < -0.39 is 91.6 Å². The molecule has 2 fully saturated rings. The Hall–Kier alpha value is -3.55. The molecule has 0 aliphatic carbocycles. The predicted octanol–water partition coefficient (Wildman–Crippen LogP) is -2.47. The Morgan fingerprint density at radius 3 is 1.80 bits per heavy atom. The van der Waals surface area contributed by atoms with Crippen LogP contribution in [-0.2, 0) is 9.47 Å². The van der Waals surface area contributed by atoms with Crippen molar-refractivity contribution in [3.8, 4) is 34.3 Å². The van der Waals surface area contributed by atoms with Gasteiger partial charge in [-0.2, -0.15) is 0 Å². The van der Waals surface area contributed by atoms with Crippen LogP contribution in [0.5, 0.6) is 23.0 Å². The van der Waals surface area contributed by atoms with Gasteiger partial charge in [0.15, 0.2) is 5.76 Å². The minimum absolute atomic E-state index is 0.0944. The summed E-state index contributed by atoms with van der Waals surface area (Å²) in [7, 11) is 1.34. The van der Waals surface area contributed by atoms with Gasteiger partial charge in [-0.3, -0.25) is 4.79 Å². The van der Waals surface area contributed by atoms with Crippen molar-refractivity contribution in [2.45, 2.75) is 61.4 Å². The first-order chi connectivity index (χ1) is 21.0. The zero-order chi connectivity index (χ0) is 31.9. The normalized spacial score (nSPS) is 32.4. The van der Waals surface area contributed by atoms with E-state index >= 15 is 0 Å². The highest BCUT2D eigenvalue weighted by Gasteiger charge is 2.46. The fourth-order valence-electron chi connectivity index (χ4n) is 4.94. The smallest absolute Gasteiger partial charge is 0.239 e. The number of aliphatic hydroxyl groups is 8. The number of aliphatic hydroxyl groups excluding tert-OH is 8. The molecule has 0 saturated carbocycles. The maximum absolute atomic E-state index is 13.7. The average Bonchev–Trinajstić information content (AvgIpc) is 3.02. The van der Waals surface area contributed by atoms with Crippen LogP contribution in [0.15, 0.2) is 45.6 Å². The first-order valence-electron chi connectivity index (χ1n) is 13.4. The lowest BCUT2D eigenvalue weighted by molar-refractivity contribution is -0.277. The number of methoxy groups -OCH3 is 1. The summed E-state index contributed by atoms with van der Waals surface area (Å²) in [5, 5.41) is 90.4. The Kier molecular flexibility index (Phi) is 9.28. The minimum atomic E-state index is -1.87. The second-order valence-electron chi connectivity index (χ2n) is 10.3. The Morgan fingerprint density at radius 2 is 1.27 bits per heavy atom. The second kappa shape index (κ2) is 12.8. The molecular weight excluding hydrogens is 592 g/mol. The van der Waals surface area contributed by atoms with Crippen molar-refractivity contribution in [1.29, 1.82) is 0 Å². The molecule has 1 aromatic heterocycles. The van der Waals surface area contributed by atoms with E-state index in [1.165, 1.54) is 43.5 Å². The van der Waals surface area contributed by atoms with Crippen LogP contribution in [0, 0.1) is 0 Å². The third-order valence-electron chi connectivity index (χ3n) is 7.44. The zero-order valence-corrected chi connectivity index (χ0v) is 23.0. The number of benzene rings is 2. The molecule has 9 N–H and O–H groups in total. The molecule has 240 valence electrons. The molecule has 0 spiro atoms. The fourth-order valence-corrected chi connectivity index (χ4v) is 4.94. The molecule has 16 heteroatoms. The maximum Gasteiger partial charge on any atom is 0.239 e. The molecule has 0 bridgehead atoms. The zero-order valence-electron chi connectivity index (χ0n) is 23.0. The number of aromatic hydroxyl groups is 1. The van der Waals surface area contributed by atoms with E-state index in [0.717, 1.165) is 0 Å². The molecule has 3 heterocycles. The average molecular weight is 625 g/mol. The van der Waals surface area contributed by atoms with Crippen molar-refractivity contribution in [3.63, 3.8) is 0 Å². The second-order valence-corrected chi connectivity index (χ2v) is 10.3. The van der Waals surface area contributed by atoms with Crippen LogP contribution in [0.2, 0.25) is 0 Å². The highest BCUT2D eigenvalue weighted by Crippen LogP contribution is 2.38. The van der Waals surface area contributed by atoms with Crippen molar-refractivity contribution < 1.29 is 74.1 Å². The van der Waals surface area contributed by atoms with E-state index in [4.69, 9.17) is 28.1 Å². The molecule has 0 radical (unpaired) electrons. The van der Waals surface area contributed by atoms with Crippen molar-refractivity contribution in [2.75, 3.05) is 20.3 Å². The molecular formula is C28H32O16. The van der Waals surface area contributed by atoms with Crippen molar-refractivity contribution in [1.82, 2.24) is 0 Å². The Balaban J connectivity index is 1.53. The van der Waals surface area contributed by atoms with Gasteiger partial charge in [0.25, 0.3) is 0 Å². The summed E-state index contributed by atoms with van der Waals surface area (Å²) in [6, 6.07) is 8.08. The summed E-state index contributed by atoms with van der Waals surface area (Å²) in [4.78, 5) is 13.7. The van der Waals surface area contributed by atoms with Crippen LogP contribution in [-0.4, -0.2) is 128 Å². The molecule has 16 nitrogen and oxygen atoms in total. The highest BCUT2D eigenvalue weighted by molar-refractivity contribution is 5.88. The lowest BCUT2D eigenvalue weighted by atomic mass is 9.99. The molecule has 2 aliphatic rings. The Morgan fingerprint density at radius 1 is 0.727 bits per heavy atom. The van der Waals surface area contributed by atoms with E-state index in [-0.39, 0.29) is 33.8 Å². The van der Waals surface area contributed by atoms with E-state index in [1.54, 1.807) is 0 Å². The molecule has 10 atom stereocenters. The Bertz CT molecular complexity index is 1500. The van der Waals surface area contributed by atoms with Gasteiger partial charge in [0.2, 0.25) is 23.8 Å². The number of phenols is 1. The van der Waals surface area contributed by atoms with Crippen molar-refractivity contribution in [2.24, 2.45) is 0 Å². The molecule has 44 heavy (non-hydrogen) atoms. The van der Waals surface area contributed by atoms with Crippen molar-refractivity contribution in [3.05, 3.63) is 46.6 Å². The van der Waals surface area contributed by atoms with Crippen LogP contribution in [0.3, 0.4) is 0 Å². The summed E-state index contributed by atoms with van der Waals surface area (Å²) >= 11 is 0. The van der Waals surface area contributed by atoms with Gasteiger partial charge in [0.05, 0.1) is 20.3 Å². The van der Waals surface area contributed by atoms with Gasteiger partial charge in [-0.25, -0.2) is 0 Å². The fraction of sp³-hybridized carbons (Fsp3) is 0.464. The van der Waals surface area contributed by atoms with Gasteiger partial charge >= 0.3 is 0 Å². The van der Waals surface area contributed by atoms with Gasteiger partial charge in [-0.1, -0.05) is 0 Å². The standard InChI is InChI=1S/C28H32O16/c1-39-12-6-13(31)17-14(7-12)41-25(26(20(17)34)44-28-24(38)22(36)19(33)16(9-30)43-28)10-2-4-11(5-3-10)40-27-23(37)21(35)18(32)15(8-29)42-27/h2-7,15-16,18-19,21-24,27-33,35-38H,8-9H2,1H3/t15-,16-,18-,19-,21+,22-,23-,24-,27-,28+/m1/s1. The van der Waals surface area contributed by atoms with Gasteiger partial charge < -0.3 is 74.1 Å². The van der Waals surface area contributed by atoms with Crippen molar-refractivity contribution >= 4 is 11.0 Å². The van der Waals surface area contributed by atoms with E-state index in [1.807, 2.05) is 0 Å². The molecule has 2 saturated heterocycles. The number of hydrogen-bond acceptors (Lipinski definition) is 16. The summed E-state index contributed by atoms with van der Waals surface area (Å²) in [5.41, 5.74) is -0.822. The number of fused-ring (bicyclic) bond motifs is 1. The van der Waals surface area contributed by atoms with Crippen LogP contribution in [0.4, 0.5) is 0 Å². The third-order valence-corrected chi connectivity index (χ3v) is 7.44. The predicted molar refractivity (Wildman–Crippen MR) is 145 cm³/mol. The van der Waals surface area contributed by atoms with Crippen LogP contribution < -0.4 is 19.6 Å². The highest BCUT2D eigenvalue weighted by atomic mass is 16.7. The summed E-state index contributed by atoms with van der Waals surface area (Å²) in [5.74, 6) is -1.05. The first kappa shape index (κ1) is 31.9.